The second kappa shape index (κ2) is 9.56. The van der Waals surface area contributed by atoms with Gasteiger partial charge in [-0.25, -0.2) is 13.2 Å². The number of nitrogens with one attached hydrogen (secondary N) is 2. The molecule has 2 saturated carbocycles. The quantitative estimate of drug-likeness (QED) is 0.614. The zero-order chi connectivity index (χ0) is 24.7. The predicted octanol–water partition coefficient (Wildman–Crippen LogP) is 3.86. The molecule has 1 unspecified atom stereocenters. The molecule has 0 radical (unpaired) electrons. The molecule has 4 aliphatic rings. The molecule has 0 spiro atoms. The number of hydrogen-bond acceptors (Lipinski definition) is 4. The van der Waals surface area contributed by atoms with Gasteiger partial charge in [0.1, 0.15) is 11.9 Å². The highest BCUT2D eigenvalue weighted by atomic mass is 19.3. The van der Waals surface area contributed by atoms with Crippen LogP contribution in [0.1, 0.15) is 85.7 Å². The van der Waals surface area contributed by atoms with Gasteiger partial charge >= 0.3 is 0 Å². The SMILES string of the molecule is O=C1CCC(N2Cc3cc(C[C@H]4CCCC[C@@H]4NC4CCC(F)(F)CC4)cc(F)c3C2=O)C(=O)N1. The van der Waals surface area contributed by atoms with Crippen LogP contribution >= 0.6 is 0 Å². The summed E-state index contributed by atoms with van der Waals surface area (Å²) in [6.45, 7) is 0.147. The van der Waals surface area contributed by atoms with E-state index >= 15 is 4.39 Å². The van der Waals surface area contributed by atoms with Crippen molar-refractivity contribution in [3.05, 3.63) is 34.6 Å². The highest BCUT2D eigenvalue weighted by Crippen LogP contribution is 2.36. The molecule has 6 nitrogen and oxygen atoms in total. The van der Waals surface area contributed by atoms with Crippen molar-refractivity contribution in [2.24, 2.45) is 5.92 Å². The Kier molecular flexibility index (Phi) is 6.63. The van der Waals surface area contributed by atoms with Crippen molar-refractivity contribution >= 4 is 17.7 Å². The maximum absolute atomic E-state index is 15.1. The number of halogens is 3. The zero-order valence-electron chi connectivity index (χ0n) is 19.8. The van der Waals surface area contributed by atoms with Gasteiger partial charge in [-0.2, -0.15) is 0 Å². The number of alkyl halides is 2. The van der Waals surface area contributed by atoms with Crippen molar-refractivity contribution in [1.82, 2.24) is 15.5 Å². The topological polar surface area (TPSA) is 78.5 Å². The summed E-state index contributed by atoms with van der Waals surface area (Å²) < 4.78 is 42.2. The van der Waals surface area contributed by atoms with Crippen LogP contribution < -0.4 is 10.6 Å². The summed E-state index contributed by atoms with van der Waals surface area (Å²) in [5.74, 6) is -4.24. The van der Waals surface area contributed by atoms with Crippen LogP contribution in [0.15, 0.2) is 12.1 Å². The van der Waals surface area contributed by atoms with E-state index in [9.17, 15) is 23.2 Å². The fourth-order valence-electron chi connectivity index (χ4n) is 6.32. The molecule has 1 saturated heterocycles. The van der Waals surface area contributed by atoms with Crippen LogP contribution in [0.2, 0.25) is 0 Å². The van der Waals surface area contributed by atoms with Gasteiger partial charge in [-0.1, -0.05) is 18.9 Å². The highest BCUT2D eigenvalue weighted by molar-refractivity contribution is 6.05. The summed E-state index contributed by atoms with van der Waals surface area (Å²) in [7, 11) is 0. The van der Waals surface area contributed by atoms with Crippen molar-refractivity contribution in [2.45, 2.75) is 101 Å². The summed E-state index contributed by atoms with van der Waals surface area (Å²) in [6, 6.07) is 2.83. The minimum atomic E-state index is -2.55. The van der Waals surface area contributed by atoms with Crippen LogP contribution in [0.4, 0.5) is 13.2 Å². The van der Waals surface area contributed by atoms with E-state index < -0.39 is 29.6 Å². The van der Waals surface area contributed by atoms with E-state index in [4.69, 9.17) is 0 Å². The van der Waals surface area contributed by atoms with Gasteiger partial charge in [0.15, 0.2) is 0 Å². The zero-order valence-corrected chi connectivity index (χ0v) is 19.8. The second-order valence-corrected chi connectivity index (χ2v) is 10.7. The number of fused-ring (bicyclic) bond motifs is 1. The van der Waals surface area contributed by atoms with E-state index in [1.54, 1.807) is 0 Å². The fourth-order valence-corrected chi connectivity index (χ4v) is 6.32. The standard InChI is InChI=1S/C26H32F3N3O3/c27-19-13-15(11-16-3-1-2-4-20(16)30-18-7-9-26(28,29)10-8-18)12-17-14-32(25(35)23(17)19)21-5-6-22(33)31-24(21)34/h12-13,16,18,20-21,30H,1-11,14H2,(H,31,33,34)/t16-,20+,21?/m1/s1. The lowest BCUT2D eigenvalue weighted by atomic mass is 9.79. The van der Waals surface area contributed by atoms with Crippen molar-refractivity contribution in [2.75, 3.05) is 0 Å². The van der Waals surface area contributed by atoms with E-state index in [2.05, 4.69) is 10.6 Å². The van der Waals surface area contributed by atoms with Gasteiger partial charge in [0.2, 0.25) is 17.7 Å². The van der Waals surface area contributed by atoms with Crippen molar-refractivity contribution in [3.63, 3.8) is 0 Å². The van der Waals surface area contributed by atoms with Gasteiger partial charge in [0.25, 0.3) is 5.91 Å². The molecule has 2 N–H and O–H groups in total. The van der Waals surface area contributed by atoms with Crippen LogP contribution in [0.5, 0.6) is 0 Å². The maximum atomic E-state index is 15.1. The van der Waals surface area contributed by atoms with Gasteiger partial charge in [-0.15, -0.1) is 0 Å². The van der Waals surface area contributed by atoms with Gasteiger partial charge in [0, 0.05) is 37.9 Å². The third-order valence-electron chi connectivity index (χ3n) is 8.21. The molecule has 2 heterocycles. The molecule has 0 aromatic heterocycles. The molecule has 2 aliphatic heterocycles. The van der Waals surface area contributed by atoms with Gasteiger partial charge in [-0.3, -0.25) is 19.7 Å². The molecular weight excluding hydrogens is 459 g/mol. The Morgan fingerprint density at radius 1 is 1.03 bits per heavy atom. The van der Waals surface area contributed by atoms with Gasteiger partial charge in [0.05, 0.1) is 5.56 Å². The molecule has 3 atom stereocenters. The lowest BCUT2D eigenvalue weighted by Crippen LogP contribution is -2.52. The Morgan fingerprint density at radius 3 is 2.51 bits per heavy atom. The van der Waals surface area contributed by atoms with E-state index in [0.29, 0.717) is 24.8 Å². The average molecular weight is 492 g/mol. The van der Waals surface area contributed by atoms with Crippen LogP contribution in [-0.4, -0.2) is 46.7 Å². The minimum Gasteiger partial charge on any atom is -0.322 e. The molecule has 2 aliphatic carbocycles. The van der Waals surface area contributed by atoms with E-state index in [1.165, 1.54) is 11.0 Å². The molecule has 9 heteroatoms. The maximum Gasteiger partial charge on any atom is 0.258 e. The molecule has 1 aromatic rings. The first-order valence-electron chi connectivity index (χ1n) is 12.8. The van der Waals surface area contributed by atoms with Crippen molar-refractivity contribution in [1.29, 1.82) is 0 Å². The number of nitrogens with zero attached hydrogens (tertiary/aromatic N) is 1. The molecule has 1 aromatic carbocycles. The summed E-state index contributed by atoms with van der Waals surface area (Å²) in [6.07, 6.45) is 5.98. The number of piperidine rings is 1. The fraction of sp³-hybridized carbons (Fsp3) is 0.654. The molecule has 0 bridgehead atoms. The number of carbonyl (C=O) groups excluding carboxylic acids is 3. The smallest absolute Gasteiger partial charge is 0.258 e. The Morgan fingerprint density at radius 2 is 1.77 bits per heavy atom. The van der Waals surface area contributed by atoms with Crippen LogP contribution in [-0.2, 0) is 22.6 Å². The Hall–Kier alpha value is -2.42. The summed E-state index contributed by atoms with van der Waals surface area (Å²) in [5.41, 5.74) is 1.40. The van der Waals surface area contributed by atoms with E-state index in [1.807, 2.05) is 6.07 Å². The summed E-state index contributed by atoms with van der Waals surface area (Å²) in [4.78, 5) is 38.0. The summed E-state index contributed by atoms with van der Waals surface area (Å²) in [5, 5.41) is 5.90. The van der Waals surface area contributed by atoms with Crippen LogP contribution in [0.25, 0.3) is 0 Å². The van der Waals surface area contributed by atoms with Crippen molar-refractivity contribution in [3.8, 4) is 0 Å². The average Bonchev–Trinajstić information content (AvgIpc) is 3.13. The minimum absolute atomic E-state index is 0.0138. The van der Waals surface area contributed by atoms with Crippen molar-refractivity contribution < 1.29 is 27.6 Å². The molecule has 3 fully saturated rings. The van der Waals surface area contributed by atoms with E-state index in [0.717, 1.165) is 31.2 Å². The lowest BCUT2D eigenvalue weighted by Gasteiger charge is -2.38. The Balaban J connectivity index is 1.27. The summed E-state index contributed by atoms with van der Waals surface area (Å²) >= 11 is 0. The first kappa shape index (κ1) is 24.3. The molecule has 5 rings (SSSR count). The number of amides is 3. The van der Waals surface area contributed by atoms with Crippen LogP contribution in [0.3, 0.4) is 0 Å². The number of rotatable bonds is 5. The molecule has 3 amide bonds. The normalized spacial score (nSPS) is 29.3. The Bertz CT molecular complexity index is 1020. The highest BCUT2D eigenvalue weighted by Gasteiger charge is 2.41. The van der Waals surface area contributed by atoms with E-state index in [-0.39, 0.29) is 61.7 Å². The van der Waals surface area contributed by atoms with Crippen LogP contribution in [0, 0.1) is 11.7 Å². The number of imide groups is 1. The second-order valence-electron chi connectivity index (χ2n) is 10.7. The first-order chi connectivity index (χ1) is 16.7. The predicted molar refractivity (Wildman–Crippen MR) is 122 cm³/mol. The molecular formula is C26H32F3N3O3. The first-order valence-corrected chi connectivity index (χ1v) is 12.8. The monoisotopic (exact) mass is 491 g/mol. The largest absolute Gasteiger partial charge is 0.322 e. The lowest BCUT2D eigenvalue weighted by molar-refractivity contribution is -0.136. The number of benzene rings is 1. The molecule has 35 heavy (non-hydrogen) atoms. The van der Waals surface area contributed by atoms with Gasteiger partial charge in [-0.05, 0) is 61.6 Å². The molecule has 190 valence electrons. The Labute approximate surface area is 203 Å². The number of carbonyl (C=O) groups is 3. The number of hydrogen-bond donors (Lipinski definition) is 2. The van der Waals surface area contributed by atoms with Gasteiger partial charge < -0.3 is 10.2 Å². The third-order valence-corrected chi connectivity index (χ3v) is 8.21. The third kappa shape index (κ3) is 5.10.